The highest BCUT2D eigenvalue weighted by Gasteiger charge is 2.10. The van der Waals surface area contributed by atoms with Crippen molar-refractivity contribution in [1.29, 1.82) is 0 Å². The molecule has 0 atom stereocenters. The van der Waals surface area contributed by atoms with Crippen LogP contribution in [0.5, 0.6) is 0 Å². The number of hydrogen-bond donors (Lipinski definition) is 0. The Morgan fingerprint density at radius 3 is 2.88 bits per heavy atom. The predicted octanol–water partition coefficient (Wildman–Crippen LogP) is 2.00. The monoisotopic (exact) mass is 219 g/mol. The van der Waals surface area contributed by atoms with E-state index >= 15 is 0 Å². The molecule has 5 heteroatoms. The Balaban J connectivity index is 2.41. The second kappa shape index (κ2) is 4.22. The Labute approximate surface area is 91.7 Å². The van der Waals surface area contributed by atoms with Crippen LogP contribution in [0.3, 0.4) is 0 Å². The smallest absolute Gasteiger partial charge is 0.165 e. The summed E-state index contributed by atoms with van der Waals surface area (Å²) in [5, 5.41) is 3.88. The molecule has 0 unspecified atom stereocenters. The molecule has 0 aliphatic heterocycles. The summed E-state index contributed by atoms with van der Waals surface area (Å²) in [6, 6.07) is 4.39. The van der Waals surface area contributed by atoms with Crippen LogP contribution in [-0.2, 0) is 0 Å². The highest BCUT2D eigenvalue weighted by atomic mass is 19.1. The molecule has 0 fully saturated rings. The highest BCUT2D eigenvalue weighted by molar-refractivity contribution is 5.96. The van der Waals surface area contributed by atoms with Gasteiger partial charge in [0.1, 0.15) is 18.5 Å². The molecule has 2 aromatic rings. The number of carbonyl (C=O) groups is 1. The second-order valence-corrected chi connectivity index (χ2v) is 3.28. The number of rotatable bonds is 3. The minimum atomic E-state index is -0.528. The molecule has 1 heterocycles. The van der Waals surface area contributed by atoms with Crippen molar-refractivity contribution in [2.75, 3.05) is 0 Å². The highest BCUT2D eigenvalue weighted by Crippen LogP contribution is 2.14. The third-order valence-corrected chi connectivity index (χ3v) is 2.26. The Bertz CT molecular complexity index is 508. The average molecular weight is 219 g/mol. The van der Waals surface area contributed by atoms with Crippen LogP contribution in [-0.4, -0.2) is 20.5 Å². The lowest BCUT2D eigenvalue weighted by molar-refractivity contribution is 0.0984. The van der Waals surface area contributed by atoms with E-state index in [1.165, 1.54) is 29.5 Å². The molecule has 0 radical (unpaired) electrons. The van der Waals surface area contributed by atoms with Crippen molar-refractivity contribution in [3.05, 3.63) is 42.2 Å². The first kappa shape index (κ1) is 10.5. The average Bonchev–Trinajstić information content (AvgIpc) is 2.81. The number of ketones is 1. The molecular weight excluding hydrogens is 209 g/mol. The Hall–Kier alpha value is -2.04. The Morgan fingerprint density at radius 1 is 1.50 bits per heavy atom. The van der Waals surface area contributed by atoms with Crippen LogP contribution in [0.15, 0.2) is 30.9 Å². The largest absolute Gasteiger partial charge is 0.294 e. The maximum absolute atomic E-state index is 13.6. The summed E-state index contributed by atoms with van der Waals surface area (Å²) in [5.41, 5.74) is 0.661. The van der Waals surface area contributed by atoms with Crippen molar-refractivity contribution < 1.29 is 9.18 Å². The SMILES string of the molecule is CCC(=O)c1ccc(-n2cncn2)cc1F. The van der Waals surface area contributed by atoms with Crippen molar-refractivity contribution in [1.82, 2.24) is 14.8 Å². The molecule has 2 rings (SSSR count). The zero-order valence-electron chi connectivity index (χ0n) is 8.72. The summed E-state index contributed by atoms with van der Waals surface area (Å²) in [5.74, 6) is -0.734. The van der Waals surface area contributed by atoms with Gasteiger partial charge in [-0.3, -0.25) is 4.79 Å². The first-order chi connectivity index (χ1) is 7.72. The van der Waals surface area contributed by atoms with E-state index in [0.717, 1.165) is 0 Å². The fourth-order valence-electron chi connectivity index (χ4n) is 1.40. The standard InChI is InChI=1S/C11H10FN3O/c1-2-11(16)9-4-3-8(5-10(9)12)15-7-13-6-14-15/h3-7H,2H2,1H3. The van der Waals surface area contributed by atoms with E-state index in [2.05, 4.69) is 10.1 Å². The summed E-state index contributed by atoms with van der Waals surface area (Å²) in [7, 11) is 0. The number of Topliss-reactive ketones (excluding diaryl/α,β-unsaturated/α-hetero) is 1. The van der Waals surface area contributed by atoms with Crippen LogP contribution in [0.25, 0.3) is 5.69 Å². The van der Waals surface area contributed by atoms with E-state index in [9.17, 15) is 9.18 Å². The minimum Gasteiger partial charge on any atom is -0.294 e. The van der Waals surface area contributed by atoms with Gasteiger partial charge in [-0.25, -0.2) is 14.1 Å². The first-order valence-electron chi connectivity index (χ1n) is 4.90. The van der Waals surface area contributed by atoms with Crippen molar-refractivity contribution in [2.45, 2.75) is 13.3 Å². The molecule has 1 aromatic carbocycles. The molecule has 0 N–H and O–H groups in total. The molecule has 0 saturated carbocycles. The van der Waals surface area contributed by atoms with Crippen LogP contribution >= 0.6 is 0 Å². The fraction of sp³-hybridized carbons (Fsp3) is 0.182. The van der Waals surface area contributed by atoms with E-state index in [0.29, 0.717) is 12.1 Å². The molecule has 4 nitrogen and oxygen atoms in total. The van der Waals surface area contributed by atoms with Gasteiger partial charge in [0.25, 0.3) is 0 Å². The lowest BCUT2D eigenvalue weighted by atomic mass is 10.1. The first-order valence-corrected chi connectivity index (χ1v) is 4.90. The van der Waals surface area contributed by atoms with E-state index < -0.39 is 5.82 Å². The zero-order valence-corrected chi connectivity index (χ0v) is 8.72. The molecule has 0 saturated heterocycles. The maximum atomic E-state index is 13.6. The molecule has 0 bridgehead atoms. The summed E-state index contributed by atoms with van der Waals surface area (Å²) >= 11 is 0. The summed E-state index contributed by atoms with van der Waals surface area (Å²) in [4.78, 5) is 15.1. The van der Waals surface area contributed by atoms with Crippen LogP contribution < -0.4 is 0 Å². The lowest BCUT2D eigenvalue weighted by Gasteiger charge is -2.04. The number of benzene rings is 1. The van der Waals surface area contributed by atoms with Gasteiger partial charge in [0.05, 0.1) is 11.3 Å². The van der Waals surface area contributed by atoms with Crippen LogP contribution in [0.2, 0.25) is 0 Å². The topological polar surface area (TPSA) is 47.8 Å². The molecule has 16 heavy (non-hydrogen) atoms. The summed E-state index contributed by atoms with van der Waals surface area (Å²) < 4.78 is 15.0. The molecule has 82 valence electrons. The van der Waals surface area contributed by atoms with Crippen molar-refractivity contribution in [3.63, 3.8) is 0 Å². The minimum absolute atomic E-state index is 0.117. The molecule has 1 aromatic heterocycles. The van der Waals surface area contributed by atoms with Gasteiger partial charge in [0, 0.05) is 12.5 Å². The third-order valence-electron chi connectivity index (χ3n) is 2.26. The van der Waals surface area contributed by atoms with Crippen LogP contribution in [0.4, 0.5) is 4.39 Å². The number of nitrogens with zero attached hydrogens (tertiary/aromatic N) is 3. The fourth-order valence-corrected chi connectivity index (χ4v) is 1.40. The Morgan fingerprint density at radius 2 is 2.31 bits per heavy atom. The summed E-state index contributed by atoms with van der Waals surface area (Å²) in [6.07, 6.45) is 3.12. The van der Waals surface area contributed by atoms with Crippen molar-refractivity contribution in [3.8, 4) is 5.69 Å². The zero-order chi connectivity index (χ0) is 11.5. The molecule has 0 aliphatic rings. The van der Waals surface area contributed by atoms with E-state index in [4.69, 9.17) is 0 Å². The number of aromatic nitrogens is 3. The van der Waals surface area contributed by atoms with Gasteiger partial charge in [-0.05, 0) is 12.1 Å². The molecular formula is C11H10FN3O. The van der Waals surface area contributed by atoms with E-state index in [1.807, 2.05) is 0 Å². The molecule has 0 spiro atoms. The summed E-state index contributed by atoms with van der Waals surface area (Å²) in [6.45, 7) is 1.70. The van der Waals surface area contributed by atoms with E-state index in [1.54, 1.807) is 13.0 Å². The van der Waals surface area contributed by atoms with Gasteiger partial charge >= 0.3 is 0 Å². The molecule has 0 amide bonds. The Kier molecular flexibility index (Phi) is 2.76. The third kappa shape index (κ3) is 1.84. The quantitative estimate of drug-likeness (QED) is 0.742. The van der Waals surface area contributed by atoms with Gasteiger partial charge in [0.15, 0.2) is 5.78 Å². The lowest BCUT2D eigenvalue weighted by Crippen LogP contribution is -2.03. The van der Waals surface area contributed by atoms with Crippen LogP contribution in [0.1, 0.15) is 23.7 Å². The number of halogens is 1. The number of carbonyl (C=O) groups excluding carboxylic acids is 1. The predicted molar refractivity (Wildman–Crippen MR) is 55.9 cm³/mol. The normalized spacial score (nSPS) is 10.4. The van der Waals surface area contributed by atoms with Gasteiger partial charge in [-0.2, -0.15) is 5.10 Å². The van der Waals surface area contributed by atoms with Gasteiger partial charge in [0.2, 0.25) is 0 Å². The maximum Gasteiger partial charge on any atom is 0.165 e. The number of hydrogen-bond acceptors (Lipinski definition) is 3. The van der Waals surface area contributed by atoms with Crippen molar-refractivity contribution >= 4 is 5.78 Å². The van der Waals surface area contributed by atoms with E-state index in [-0.39, 0.29) is 11.3 Å². The van der Waals surface area contributed by atoms with Crippen molar-refractivity contribution in [2.24, 2.45) is 0 Å². The van der Waals surface area contributed by atoms with Crippen LogP contribution in [0, 0.1) is 5.82 Å². The van der Waals surface area contributed by atoms with Gasteiger partial charge < -0.3 is 0 Å². The van der Waals surface area contributed by atoms with Gasteiger partial charge in [-0.15, -0.1) is 0 Å². The molecule has 0 aliphatic carbocycles. The van der Waals surface area contributed by atoms with Gasteiger partial charge in [-0.1, -0.05) is 6.92 Å². The second-order valence-electron chi connectivity index (χ2n) is 3.28.